The fraction of sp³-hybridized carbons (Fsp3) is 0.385. The second-order valence-electron chi connectivity index (χ2n) is 3.58. The number of hydrogen-bond donors (Lipinski definition) is 1. The second-order valence-corrected chi connectivity index (χ2v) is 3.96. The predicted molar refractivity (Wildman–Crippen MR) is 66.3 cm³/mol. The van der Waals surface area contributed by atoms with Gasteiger partial charge >= 0.3 is 0 Å². The third kappa shape index (κ3) is 3.58. The van der Waals surface area contributed by atoms with Crippen molar-refractivity contribution in [2.45, 2.75) is 20.3 Å². The lowest BCUT2D eigenvalue weighted by molar-refractivity contribution is 0.818. The van der Waals surface area contributed by atoms with Gasteiger partial charge in [0, 0.05) is 23.6 Å². The van der Waals surface area contributed by atoms with E-state index in [-0.39, 0.29) is 0 Å². The maximum absolute atomic E-state index is 6.08. The molecule has 0 spiro atoms. The van der Waals surface area contributed by atoms with Crippen molar-refractivity contribution in [3.63, 3.8) is 0 Å². The molecule has 0 radical (unpaired) electrons. The van der Waals surface area contributed by atoms with Gasteiger partial charge in [0.1, 0.15) is 0 Å². The molecule has 1 aromatic carbocycles. The summed E-state index contributed by atoms with van der Waals surface area (Å²) in [4.78, 5) is 0. The van der Waals surface area contributed by atoms with Crippen LogP contribution < -0.4 is 5.32 Å². The lowest BCUT2D eigenvalue weighted by Crippen LogP contribution is -2.05. The normalized spacial score (nSPS) is 9.60. The van der Waals surface area contributed by atoms with Crippen LogP contribution in [0.4, 0.5) is 0 Å². The molecule has 0 aliphatic heterocycles. The Bertz CT molecular complexity index is 376. The Kier molecular flexibility index (Phi) is 4.68. The smallest absolute Gasteiger partial charge is 0.0465 e. The topological polar surface area (TPSA) is 12.0 Å². The molecule has 0 aromatic heterocycles. The Labute approximate surface area is 96.8 Å². The molecule has 0 heterocycles. The number of rotatable bonds is 2. The first-order valence-electron chi connectivity index (χ1n) is 5.05. The molecule has 0 saturated carbocycles. The van der Waals surface area contributed by atoms with Gasteiger partial charge in [-0.05, 0) is 44.2 Å². The largest absolute Gasteiger partial charge is 0.319 e. The van der Waals surface area contributed by atoms with E-state index in [0.29, 0.717) is 0 Å². The van der Waals surface area contributed by atoms with Gasteiger partial charge in [0.25, 0.3) is 0 Å². The van der Waals surface area contributed by atoms with Crippen LogP contribution in [-0.2, 0) is 0 Å². The quantitative estimate of drug-likeness (QED) is 0.598. The zero-order valence-electron chi connectivity index (χ0n) is 9.45. The van der Waals surface area contributed by atoms with Gasteiger partial charge in [0.2, 0.25) is 0 Å². The molecule has 2 heteroatoms. The van der Waals surface area contributed by atoms with Crippen LogP contribution in [-0.4, -0.2) is 13.6 Å². The Balaban J connectivity index is 2.81. The van der Waals surface area contributed by atoms with E-state index in [2.05, 4.69) is 17.2 Å². The molecule has 0 bridgehead atoms. The van der Waals surface area contributed by atoms with Crippen molar-refractivity contribution in [3.8, 4) is 11.8 Å². The summed E-state index contributed by atoms with van der Waals surface area (Å²) in [5.41, 5.74) is 3.23. The van der Waals surface area contributed by atoms with Crippen LogP contribution in [0.15, 0.2) is 12.1 Å². The standard InChI is InChI=1S/C13H16ClN/c1-10-8-12(6-4-5-7-15-3)9-11(2)13(10)14/h8-9,15H,5,7H2,1-3H3. The predicted octanol–water partition coefficient (Wildman–Crippen LogP) is 2.92. The lowest BCUT2D eigenvalue weighted by atomic mass is 10.1. The summed E-state index contributed by atoms with van der Waals surface area (Å²) in [6, 6.07) is 4.06. The zero-order valence-corrected chi connectivity index (χ0v) is 10.2. The van der Waals surface area contributed by atoms with E-state index in [1.807, 2.05) is 33.0 Å². The molecule has 0 unspecified atom stereocenters. The van der Waals surface area contributed by atoms with Crippen molar-refractivity contribution in [2.24, 2.45) is 0 Å². The summed E-state index contributed by atoms with van der Waals surface area (Å²) in [6.45, 7) is 4.95. The molecule has 0 saturated heterocycles. The molecule has 0 aliphatic rings. The molecule has 80 valence electrons. The van der Waals surface area contributed by atoms with Crippen LogP contribution in [0.25, 0.3) is 0 Å². The number of benzene rings is 1. The van der Waals surface area contributed by atoms with E-state index in [0.717, 1.165) is 34.7 Å². The monoisotopic (exact) mass is 221 g/mol. The van der Waals surface area contributed by atoms with Gasteiger partial charge in [-0.1, -0.05) is 23.4 Å². The highest BCUT2D eigenvalue weighted by molar-refractivity contribution is 6.32. The SMILES string of the molecule is CNCCC#Cc1cc(C)c(Cl)c(C)c1. The van der Waals surface area contributed by atoms with Gasteiger partial charge in [-0.15, -0.1) is 0 Å². The number of nitrogens with one attached hydrogen (secondary N) is 1. The summed E-state index contributed by atoms with van der Waals surface area (Å²) in [7, 11) is 1.93. The van der Waals surface area contributed by atoms with E-state index < -0.39 is 0 Å². The zero-order chi connectivity index (χ0) is 11.3. The van der Waals surface area contributed by atoms with Gasteiger partial charge in [-0.25, -0.2) is 0 Å². The summed E-state index contributed by atoms with van der Waals surface area (Å²) < 4.78 is 0. The molecule has 1 nitrogen and oxygen atoms in total. The molecule has 1 N–H and O–H groups in total. The Morgan fingerprint density at radius 1 is 1.27 bits per heavy atom. The average Bonchev–Trinajstić information content (AvgIpc) is 2.21. The van der Waals surface area contributed by atoms with E-state index in [9.17, 15) is 0 Å². The van der Waals surface area contributed by atoms with Gasteiger partial charge < -0.3 is 5.32 Å². The molecule has 0 amide bonds. The third-order valence-electron chi connectivity index (χ3n) is 2.17. The van der Waals surface area contributed by atoms with Gasteiger partial charge in [-0.3, -0.25) is 0 Å². The van der Waals surface area contributed by atoms with Crippen LogP contribution in [0, 0.1) is 25.7 Å². The Hall–Kier alpha value is -0.970. The Morgan fingerprint density at radius 3 is 2.40 bits per heavy atom. The third-order valence-corrected chi connectivity index (χ3v) is 2.77. The average molecular weight is 222 g/mol. The first-order valence-corrected chi connectivity index (χ1v) is 5.43. The molecular formula is C13H16ClN. The van der Waals surface area contributed by atoms with Crippen LogP contribution in [0.5, 0.6) is 0 Å². The summed E-state index contributed by atoms with van der Waals surface area (Å²) in [5, 5.41) is 3.91. The molecule has 1 rings (SSSR count). The maximum atomic E-state index is 6.08. The summed E-state index contributed by atoms with van der Waals surface area (Å²) >= 11 is 6.08. The van der Waals surface area contributed by atoms with Gasteiger partial charge in [0.15, 0.2) is 0 Å². The molecular weight excluding hydrogens is 206 g/mol. The highest BCUT2D eigenvalue weighted by Gasteiger charge is 2.00. The van der Waals surface area contributed by atoms with Crippen LogP contribution >= 0.6 is 11.6 Å². The first kappa shape index (κ1) is 12.1. The van der Waals surface area contributed by atoms with Crippen LogP contribution in [0.3, 0.4) is 0 Å². The van der Waals surface area contributed by atoms with Crippen molar-refractivity contribution in [1.29, 1.82) is 0 Å². The number of hydrogen-bond acceptors (Lipinski definition) is 1. The molecule has 0 aliphatic carbocycles. The van der Waals surface area contributed by atoms with Crippen molar-refractivity contribution in [1.82, 2.24) is 5.32 Å². The fourth-order valence-corrected chi connectivity index (χ4v) is 1.48. The van der Waals surface area contributed by atoms with Gasteiger partial charge in [-0.2, -0.15) is 0 Å². The number of halogens is 1. The minimum Gasteiger partial charge on any atom is -0.319 e. The molecule has 15 heavy (non-hydrogen) atoms. The highest BCUT2D eigenvalue weighted by atomic mass is 35.5. The molecule has 0 fully saturated rings. The van der Waals surface area contributed by atoms with Crippen molar-refractivity contribution in [3.05, 3.63) is 33.8 Å². The lowest BCUT2D eigenvalue weighted by Gasteiger charge is -2.02. The summed E-state index contributed by atoms with van der Waals surface area (Å²) in [5.74, 6) is 6.26. The van der Waals surface area contributed by atoms with Crippen LogP contribution in [0.2, 0.25) is 5.02 Å². The van der Waals surface area contributed by atoms with Crippen molar-refractivity contribution in [2.75, 3.05) is 13.6 Å². The van der Waals surface area contributed by atoms with Crippen LogP contribution in [0.1, 0.15) is 23.1 Å². The molecule has 1 aromatic rings. The maximum Gasteiger partial charge on any atom is 0.0465 e. The minimum absolute atomic E-state index is 0.843. The van der Waals surface area contributed by atoms with Crippen molar-refractivity contribution >= 4 is 11.6 Å². The number of aryl methyl sites for hydroxylation is 2. The fourth-order valence-electron chi connectivity index (χ4n) is 1.37. The van der Waals surface area contributed by atoms with Crippen molar-refractivity contribution < 1.29 is 0 Å². The first-order chi connectivity index (χ1) is 7.15. The van der Waals surface area contributed by atoms with E-state index >= 15 is 0 Å². The van der Waals surface area contributed by atoms with E-state index in [1.54, 1.807) is 0 Å². The second kappa shape index (κ2) is 5.80. The Morgan fingerprint density at radius 2 is 1.87 bits per heavy atom. The van der Waals surface area contributed by atoms with E-state index in [4.69, 9.17) is 11.6 Å². The molecule has 0 atom stereocenters. The minimum atomic E-state index is 0.843. The highest BCUT2D eigenvalue weighted by Crippen LogP contribution is 2.21. The summed E-state index contributed by atoms with van der Waals surface area (Å²) in [6.07, 6.45) is 0.872. The van der Waals surface area contributed by atoms with E-state index in [1.165, 1.54) is 0 Å². The van der Waals surface area contributed by atoms with Gasteiger partial charge in [0.05, 0.1) is 0 Å².